The van der Waals surface area contributed by atoms with Gasteiger partial charge in [-0.2, -0.15) is 13.2 Å². The molecule has 0 atom stereocenters. The van der Waals surface area contributed by atoms with E-state index in [-0.39, 0.29) is 5.56 Å². The van der Waals surface area contributed by atoms with Crippen molar-refractivity contribution in [3.8, 4) is 0 Å². The minimum absolute atomic E-state index is 0.195. The van der Waals surface area contributed by atoms with E-state index in [1.807, 2.05) is 24.3 Å². The van der Waals surface area contributed by atoms with Crippen LogP contribution in [0.25, 0.3) is 0 Å². The number of hydrogen-bond donors (Lipinski definition) is 1. The molecule has 0 heterocycles. The molecular weight excluding hydrogens is 347 g/mol. The quantitative estimate of drug-likeness (QED) is 0.866. The van der Waals surface area contributed by atoms with Crippen molar-refractivity contribution in [1.82, 2.24) is 5.32 Å². The lowest BCUT2D eigenvalue weighted by molar-refractivity contribution is -0.137. The molecule has 0 saturated heterocycles. The molecule has 2 rings (SSSR count). The van der Waals surface area contributed by atoms with Gasteiger partial charge in [0.05, 0.1) is 5.56 Å². The van der Waals surface area contributed by atoms with Gasteiger partial charge in [0.25, 0.3) is 5.91 Å². The highest BCUT2D eigenvalue weighted by Crippen LogP contribution is 2.29. The van der Waals surface area contributed by atoms with E-state index in [0.29, 0.717) is 6.54 Å². The van der Waals surface area contributed by atoms with E-state index in [2.05, 4.69) is 21.2 Å². The fraction of sp³-hybridized carbons (Fsp3) is 0.133. The van der Waals surface area contributed by atoms with Crippen LogP contribution in [0.4, 0.5) is 13.2 Å². The van der Waals surface area contributed by atoms with Gasteiger partial charge >= 0.3 is 6.18 Å². The van der Waals surface area contributed by atoms with Crippen molar-refractivity contribution < 1.29 is 18.0 Å². The fourth-order valence-corrected chi connectivity index (χ4v) is 1.96. The Labute approximate surface area is 128 Å². The van der Waals surface area contributed by atoms with Gasteiger partial charge in [-0.25, -0.2) is 0 Å². The zero-order chi connectivity index (χ0) is 15.5. The van der Waals surface area contributed by atoms with E-state index < -0.39 is 17.6 Å². The molecule has 0 bridgehead atoms. The summed E-state index contributed by atoms with van der Waals surface area (Å²) in [5.74, 6) is -0.411. The zero-order valence-corrected chi connectivity index (χ0v) is 12.3. The van der Waals surface area contributed by atoms with Gasteiger partial charge in [0.15, 0.2) is 0 Å². The lowest BCUT2D eigenvalue weighted by atomic mass is 10.1. The van der Waals surface area contributed by atoms with Crippen LogP contribution in [-0.4, -0.2) is 5.91 Å². The molecule has 21 heavy (non-hydrogen) atoms. The minimum atomic E-state index is -4.40. The topological polar surface area (TPSA) is 29.1 Å². The van der Waals surface area contributed by atoms with Crippen molar-refractivity contribution >= 4 is 21.8 Å². The molecule has 0 aliphatic rings. The molecule has 2 nitrogen and oxygen atoms in total. The monoisotopic (exact) mass is 357 g/mol. The molecular formula is C15H11BrF3NO. The predicted molar refractivity (Wildman–Crippen MR) is 76.8 cm³/mol. The minimum Gasteiger partial charge on any atom is -0.348 e. The number of benzene rings is 2. The second-order valence-electron chi connectivity index (χ2n) is 4.38. The Kier molecular flexibility index (Phi) is 4.67. The van der Waals surface area contributed by atoms with Gasteiger partial charge in [0, 0.05) is 16.6 Å². The van der Waals surface area contributed by atoms with E-state index >= 15 is 0 Å². The first-order valence-corrected chi connectivity index (χ1v) is 6.85. The standard InChI is InChI=1S/C15H11BrF3NO/c16-13-7-1-10(2-8-13)9-20-14(21)11-3-5-12(6-4-11)15(17,18)19/h1-8H,9H2,(H,20,21). The Morgan fingerprint density at radius 1 is 1.00 bits per heavy atom. The van der Waals surface area contributed by atoms with E-state index in [0.717, 1.165) is 22.2 Å². The van der Waals surface area contributed by atoms with Crippen molar-refractivity contribution in [2.45, 2.75) is 12.7 Å². The van der Waals surface area contributed by atoms with Crippen LogP contribution in [-0.2, 0) is 12.7 Å². The molecule has 0 aromatic heterocycles. The maximum absolute atomic E-state index is 12.4. The van der Waals surface area contributed by atoms with Crippen LogP contribution in [0.1, 0.15) is 21.5 Å². The third kappa shape index (κ3) is 4.32. The second kappa shape index (κ2) is 6.30. The predicted octanol–water partition coefficient (Wildman–Crippen LogP) is 4.40. The van der Waals surface area contributed by atoms with E-state index in [9.17, 15) is 18.0 Å². The van der Waals surface area contributed by atoms with E-state index in [1.54, 1.807) is 0 Å². The Hall–Kier alpha value is -1.82. The number of amides is 1. The summed E-state index contributed by atoms with van der Waals surface area (Å²) >= 11 is 3.31. The van der Waals surface area contributed by atoms with Crippen LogP contribution in [0.5, 0.6) is 0 Å². The summed E-state index contributed by atoms with van der Waals surface area (Å²) in [5.41, 5.74) is 0.325. The SMILES string of the molecule is O=C(NCc1ccc(Br)cc1)c1ccc(C(F)(F)F)cc1. The summed E-state index contributed by atoms with van der Waals surface area (Å²) in [5, 5.41) is 2.66. The summed E-state index contributed by atoms with van der Waals surface area (Å²) in [6.07, 6.45) is -4.40. The molecule has 0 aliphatic carbocycles. The molecule has 0 fully saturated rings. The van der Waals surface area contributed by atoms with Gasteiger partial charge in [0.2, 0.25) is 0 Å². The molecule has 110 valence electrons. The maximum Gasteiger partial charge on any atom is 0.416 e. The maximum atomic E-state index is 12.4. The zero-order valence-electron chi connectivity index (χ0n) is 10.7. The first-order chi connectivity index (χ1) is 9.86. The van der Waals surface area contributed by atoms with Crippen LogP contribution in [0.2, 0.25) is 0 Å². The van der Waals surface area contributed by atoms with Crippen LogP contribution < -0.4 is 5.32 Å². The smallest absolute Gasteiger partial charge is 0.348 e. The van der Waals surface area contributed by atoms with Crippen molar-refractivity contribution in [2.24, 2.45) is 0 Å². The van der Waals surface area contributed by atoms with Crippen molar-refractivity contribution in [2.75, 3.05) is 0 Å². The van der Waals surface area contributed by atoms with Crippen molar-refractivity contribution in [1.29, 1.82) is 0 Å². The first-order valence-electron chi connectivity index (χ1n) is 6.06. The number of rotatable bonds is 3. The molecule has 2 aromatic carbocycles. The number of halogens is 4. The summed E-state index contributed by atoms with van der Waals surface area (Å²) in [7, 11) is 0. The highest BCUT2D eigenvalue weighted by molar-refractivity contribution is 9.10. The lowest BCUT2D eigenvalue weighted by Gasteiger charge is -2.08. The molecule has 0 unspecified atom stereocenters. The van der Waals surface area contributed by atoms with Gasteiger partial charge < -0.3 is 5.32 Å². The number of nitrogens with one attached hydrogen (secondary N) is 1. The van der Waals surface area contributed by atoms with Crippen LogP contribution in [0.15, 0.2) is 53.0 Å². The summed E-state index contributed by atoms with van der Waals surface area (Å²) < 4.78 is 38.2. The average molecular weight is 358 g/mol. The normalized spacial score (nSPS) is 11.2. The molecule has 1 N–H and O–H groups in total. The summed E-state index contributed by atoms with van der Waals surface area (Å²) in [6.45, 7) is 0.313. The van der Waals surface area contributed by atoms with Crippen LogP contribution >= 0.6 is 15.9 Å². The lowest BCUT2D eigenvalue weighted by Crippen LogP contribution is -2.22. The van der Waals surface area contributed by atoms with Crippen LogP contribution in [0, 0.1) is 0 Å². The molecule has 2 aromatic rings. The van der Waals surface area contributed by atoms with E-state index in [1.165, 1.54) is 12.1 Å². The largest absolute Gasteiger partial charge is 0.416 e. The number of hydrogen-bond acceptors (Lipinski definition) is 1. The highest BCUT2D eigenvalue weighted by atomic mass is 79.9. The molecule has 6 heteroatoms. The third-order valence-corrected chi connectivity index (χ3v) is 3.37. The van der Waals surface area contributed by atoms with Gasteiger partial charge in [-0.15, -0.1) is 0 Å². The molecule has 1 amide bonds. The average Bonchev–Trinajstić information content (AvgIpc) is 2.45. The van der Waals surface area contributed by atoms with E-state index in [4.69, 9.17) is 0 Å². The number of carbonyl (C=O) groups is 1. The Morgan fingerprint density at radius 2 is 1.57 bits per heavy atom. The molecule has 0 saturated carbocycles. The summed E-state index contributed by atoms with van der Waals surface area (Å²) in [4.78, 5) is 11.8. The van der Waals surface area contributed by atoms with Crippen molar-refractivity contribution in [3.05, 3.63) is 69.7 Å². The van der Waals surface area contributed by atoms with Gasteiger partial charge in [0.1, 0.15) is 0 Å². The van der Waals surface area contributed by atoms with Crippen molar-refractivity contribution in [3.63, 3.8) is 0 Å². The Balaban J connectivity index is 1.99. The molecule has 0 spiro atoms. The number of carbonyl (C=O) groups excluding carboxylic acids is 1. The molecule has 0 radical (unpaired) electrons. The number of alkyl halides is 3. The van der Waals surface area contributed by atoms with Crippen LogP contribution in [0.3, 0.4) is 0 Å². The van der Waals surface area contributed by atoms with Gasteiger partial charge in [-0.05, 0) is 42.0 Å². The van der Waals surface area contributed by atoms with Gasteiger partial charge in [-0.1, -0.05) is 28.1 Å². The first kappa shape index (κ1) is 15.6. The summed E-state index contributed by atoms with van der Waals surface area (Å²) in [6, 6.07) is 11.5. The fourth-order valence-electron chi connectivity index (χ4n) is 1.70. The van der Waals surface area contributed by atoms with Gasteiger partial charge in [-0.3, -0.25) is 4.79 Å². The third-order valence-electron chi connectivity index (χ3n) is 2.84. The Bertz CT molecular complexity index is 621. The second-order valence-corrected chi connectivity index (χ2v) is 5.30. The molecule has 0 aliphatic heterocycles. The highest BCUT2D eigenvalue weighted by Gasteiger charge is 2.30. The Morgan fingerprint density at radius 3 is 2.10 bits per heavy atom.